The van der Waals surface area contributed by atoms with E-state index in [2.05, 4.69) is 4.98 Å². The first-order valence-corrected chi connectivity index (χ1v) is 2.74. The number of aromatic nitrogens is 2. The van der Waals surface area contributed by atoms with Crippen LogP contribution in [-0.4, -0.2) is 20.6 Å². The number of nitrogens with zero attached hydrogens (tertiary/aromatic N) is 2. The standard InChI is InChI=1S/C4H6N2.C2H4O2.BrH/c1-6-3-2-5-4-6;1-2(3)4;/h2-4H,1H3;1H3,(H,3,4);1H. The SMILES string of the molecule is Br.CC(=O)O.Cn1ccnc1. The third-order valence-electron chi connectivity index (χ3n) is 0.637. The number of rotatable bonds is 0. The average molecular weight is 223 g/mol. The Balaban J connectivity index is 0. The van der Waals surface area contributed by atoms with Gasteiger partial charge in [0.05, 0.1) is 6.33 Å². The summed E-state index contributed by atoms with van der Waals surface area (Å²) in [6.07, 6.45) is 5.39. The van der Waals surface area contributed by atoms with Crippen LogP contribution in [0.4, 0.5) is 0 Å². The minimum absolute atomic E-state index is 0. The highest BCUT2D eigenvalue weighted by Gasteiger charge is 1.69. The smallest absolute Gasteiger partial charge is 0.300 e. The molecule has 5 heteroatoms. The van der Waals surface area contributed by atoms with Gasteiger partial charge in [-0.1, -0.05) is 0 Å². The highest BCUT2D eigenvalue weighted by Crippen LogP contribution is 1.73. The van der Waals surface area contributed by atoms with Crippen LogP contribution in [-0.2, 0) is 11.8 Å². The number of imidazole rings is 1. The lowest BCUT2D eigenvalue weighted by atomic mass is 10.9. The van der Waals surface area contributed by atoms with Gasteiger partial charge in [0.2, 0.25) is 0 Å². The Kier molecular flexibility index (Phi) is 8.46. The van der Waals surface area contributed by atoms with Crippen molar-refractivity contribution in [2.75, 3.05) is 0 Å². The third-order valence-corrected chi connectivity index (χ3v) is 0.637. The van der Waals surface area contributed by atoms with Crippen molar-refractivity contribution >= 4 is 23.0 Å². The summed E-state index contributed by atoms with van der Waals surface area (Å²) in [6.45, 7) is 1.08. The quantitative estimate of drug-likeness (QED) is 0.716. The van der Waals surface area contributed by atoms with Gasteiger partial charge in [-0.3, -0.25) is 4.79 Å². The van der Waals surface area contributed by atoms with Crippen LogP contribution in [0.2, 0.25) is 0 Å². The molecule has 0 aliphatic heterocycles. The van der Waals surface area contributed by atoms with Crippen LogP contribution in [0.15, 0.2) is 18.7 Å². The average Bonchev–Trinajstić information content (AvgIpc) is 2.15. The molecule has 0 aromatic carbocycles. The minimum atomic E-state index is -0.833. The van der Waals surface area contributed by atoms with Crippen molar-refractivity contribution in [1.29, 1.82) is 0 Å². The number of aliphatic carboxylic acids is 1. The van der Waals surface area contributed by atoms with E-state index in [1.165, 1.54) is 0 Å². The van der Waals surface area contributed by atoms with Crippen molar-refractivity contribution in [3.05, 3.63) is 18.7 Å². The number of carboxylic acids is 1. The van der Waals surface area contributed by atoms with Crippen molar-refractivity contribution in [1.82, 2.24) is 9.55 Å². The van der Waals surface area contributed by atoms with E-state index in [4.69, 9.17) is 9.90 Å². The van der Waals surface area contributed by atoms with E-state index < -0.39 is 5.97 Å². The molecule has 1 heterocycles. The summed E-state index contributed by atoms with van der Waals surface area (Å²) in [4.78, 5) is 12.8. The van der Waals surface area contributed by atoms with Crippen molar-refractivity contribution in [2.24, 2.45) is 7.05 Å². The van der Waals surface area contributed by atoms with Gasteiger partial charge in [-0.05, 0) is 0 Å². The Hall–Kier alpha value is -0.840. The summed E-state index contributed by atoms with van der Waals surface area (Å²) >= 11 is 0. The molecule has 0 saturated carbocycles. The molecule has 0 aliphatic carbocycles. The maximum absolute atomic E-state index is 9.00. The van der Waals surface area contributed by atoms with E-state index in [-0.39, 0.29) is 17.0 Å². The summed E-state index contributed by atoms with van der Waals surface area (Å²) in [6, 6.07) is 0. The summed E-state index contributed by atoms with van der Waals surface area (Å²) in [5.74, 6) is -0.833. The van der Waals surface area contributed by atoms with Crippen LogP contribution in [0.3, 0.4) is 0 Å². The molecule has 0 atom stereocenters. The Morgan fingerprint density at radius 1 is 1.64 bits per heavy atom. The number of halogens is 1. The summed E-state index contributed by atoms with van der Waals surface area (Å²) < 4.78 is 1.89. The lowest BCUT2D eigenvalue weighted by molar-refractivity contribution is -0.134. The molecule has 0 unspecified atom stereocenters. The zero-order valence-corrected chi connectivity index (χ0v) is 8.10. The number of aryl methyl sites for hydroxylation is 1. The van der Waals surface area contributed by atoms with Crippen molar-refractivity contribution in [3.8, 4) is 0 Å². The summed E-state index contributed by atoms with van der Waals surface area (Å²) in [5, 5.41) is 7.42. The van der Waals surface area contributed by atoms with Crippen LogP contribution in [0.25, 0.3) is 0 Å². The number of carbonyl (C=O) groups is 1. The predicted molar refractivity (Wildman–Crippen MR) is 46.8 cm³/mol. The van der Waals surface area contributed by atoms with Crippen LogP contribution >= 0.6 is 17.0 Å². The molecule has 11 heavy (non-hydrogen) atoms. The second-order valence-corrected chi connectivity index (χ2v) is 1.75. The molecule has 0 bridgehead atoms. The normalized spacial score (nSPS) is 7.09. The molecule has 0 radical (unpaired) electrons. The van der Waals surface area contributed by atoms with E-state index in [0.717, 1.165) is 6.92 Å². The zero-order chi connectivity index (χ0) is 7.98. The predicted octanol–water partition coefficient (Wildman–Crippen LogP) is 1.09. The lowest BCUT2D eigenvalue weighted by Crippen LogP contribution is -1.78. The Labute approximate surface area is 75.6 Å². The van der Waals surface area contributed by atoms with E-state index >= 15 is 0 Å². The minimum Gasteiger partial charge on any atom is -0.481 e. The molecule has 1 N–H and O–H groups in total. The lowest BCUT2D eigenvalue weighted by Gasteiger charge is -1.76. The first kappa shape index (κ1) is 12.8. The van der Waals surface area contributed by atoms with Crippen LogP contribution in [0.5, 0.6) is 0 Å². The number of hydrogen-bond donors (Lipinski definition) is 1. The Morgan fingerprint density at radius 2 is 2.09 bits per heavy atom. The topological polar surface area (TPSA) is 55.1 Å². The van der Waals surface area contributed by atoms with Crippen LogP contribution in [0, 0.1) is 0 Å². The van der Waals surface area contributed by atoms with Crippen molar-refractivity contribution in [2.45, 2.75) is 6.92 Å². The molecule has 0 spiro atoms. The van der Waals surface area contributed by atoms with Crippen LogP contribution < -0.4 is 0 Å². The van der Waals surface area contributed by atoms with Crippen molar-refractivity contribution < 1.29 is 9.90 Å². The van der Waals surface area contributed by atoms with Gasteiger partial charge < -0.3 is 9.67 Å². The second kappa shape index (κ2) is 7.27. The molecular formula is C6H11BrN2O2. The molecule has 0 fully saturated rings. The molecule has 1 aromatic heterocycles. The molecule has 4 nitrogen and oxygen atoms in total. The number of carboxylic acid groups (broad SMARTS) is 1. The van der Waals surface area contributed by atoms with E-state index in [9.17, 15) is 0 Å². The monoisotopic (exact) mass is 222 g/mol. The highest BCUT2D eigenvalue weighted by atomic mass is 79.9. The van der Waals surface area contributed by atoms with Gasteiger partial charge in [-0.15, -0.1) is 17.0 Å². The van der Waals surface area contributed by atoms with Gasteiger partial charge in [0.25, 0.3) is 5.97 Å². The Bertz CT molecular complexity index is 182. The van der Waals surface area contributed by atoms with E-state index in [0.29, 0.717) is 0 Å². The van der Waals surface area contributed by atoms with Gasteiger partial charge in [-0.2, -0.15) is 0 Å². The summed E-state index contributed by atoms with van der Waals surface area (Å²) in [5.41, 5.74) is 0. The fourth-order valence-electron chi connectivity index (χ4n) is 0.326. The fourth-order valence-corrected chi connectivity index (χ4v) is 0.326. The fraction of sp³-hybridized carbons (Fsp3) is 0.333. The largest absolute Gasteiger partial charge is 0.481 e. The van der Waals surface area contributed by atoms with Gasteiger partial charge in [0.1, 0.15) is 0 Å². The first-order valence-electron chi connectivity index (χ1n) is 2.74. The molecule has 1 rings (SSSR count). The molecule has 0 saturated heterocycles. The molecule has 1 aromatic rings. The Morgan fingerprint density at radius 3 is 2.18 bits per heavy atom. The third kappa shape index (κ3) is 12.4. The van der Waals surface area contributed by atoms with Gasteiger partial charge in [-0.25, -0.2) is 4.98 Å². The first-order chi connectivity index (χ1) is 4.63. The van der Waals surface area contributed by atoms with E-state index in [1.54, 1.807) is 12.5 Å². The van der Waals surface area contributed by atoms with Gasteiger partial charge in [0.15, 0.2) is 0 Å². The molecule has 0 aliphatic rings. The molecular weight excluding hydrogens is 212 g/mol. The van der Waals surface area contributed by atoms with Gasteiger partial charge in [0, 0.05) is 26.4 Å². The molecule has 64 valence electrons. The number of hydrogen-bond acceptors (Lipinski definition) is 2. The zero-order valence-electron chi connectivity index (χ0n) is 6.39. The molecule has 0 amide bonds. The second-order valence-electron chi connectivity index (χ2n) is 1.75. The maximum Gasteiger partial charge on any atom is 0.300 e. The maximum atomic E-state index is 9.00. The summed E-state index contributed by atoms with van der Waals surface area (Å²) in [7, 11) is 1.94. The van der Waals surface area contributed by atoms with Gasteiger partial charge >= 0.3 is 0 Å². The van der Waals surface area contributed by atoms with E-state index in [1.807, 2.05) is 17.8 Å². The van der Waals surface area contributed by atoms with Crippen molar-refractivity contribution in [3.63, 3.8) is 0 Å². The van der Waals surface area contributed by atoms with Crippen LogP contribution in [0.1, 0.15) is 6.92 Å². The highest BCUT2D eigenvalue weighted by molar-refractivity contribution is 8.93.